The molecule has 1 N–H and O–H groups in total. The molecule has 8 heteroatoms. The summed E-state index contributed by atoms with van der Waals surface area (Å²) >= 11 is 4.61. The number of thioether (sulfide) groups is 1. The molecule has 0 unspecified atom stereocenters. The van der Waals surface area contributed by atoms with E-state index < -0.39 is 0 Å². The highest BCUT2D eigenvalue weighted by molar-refractivity contribution is 8.93. The van der Waals surface area contributed by atoms with E-state index >= 15 is 0 Å². The van der Waals surface area contributed by atoms with Crippen molar-refractivity contribution in [3.05, 3.63) is 46.2 Å². The summed E-state index contributed by atoms with van der Waals surface area (Å²) in [4.78, 5) is 17.2. The summed E-state index contributed by atoms with van der Waals surface area (Å²) in [6.07, 6.45) is 2.00. The number of thiazole rings is 1. The van der Waals surface area contributed by atoms with Crippen LogP contribution < -0.4 is 5.32 Å². The van der Waals surface area contributed by atoms with E-state index in [1.807, 2.05) is 23.8 Å². The van der Waals surface area contributed by atoms with Gasteiger partial charge in [-0.2, -0.15) is 0 Å². The van der Waals surface area contributed by atoms with Crippen molar-refractivity contribution in [3.8, 4) is 11.3 Å². The molecule has 144 valence electrons. The molecule has 4 nitrogen and oxygen atoms in total. The first-order valence-electron chi connectivity index (χ1n) is 8.11. The Morgan fingerprint density at radius 1 is 1.30 bits per heavy atom. The molecular weight excluding hydrogens is 464 g/mol. The molecule has 0 radical (unpaired) electrons. The van der Waals surface area contributed by atoms with Crippen LogP contribution in [0.1, 0.15) is 35.0 Å². The maximum absolute atomic E-state index is 11.8. The molecule has 0 amide bonds. The molecule has 2 aromatic heterocycles. The number of benzene rings is 1. The molecule has 0 spiro atoms. The second-order valence-electron chi connectivity index (χ2n) is 5.91. The van der Waals surface area contributed by atoms with E-state index in [0.29, 0.717) is 10.8 Å². The van der Waals surface area contributed by atoms with E-state index in [4.69, 9.17) is 9.72 Å². The van der Waals surface area contributed by atoms with Crippen molar-refractivity contribution >= 4 is 68.2 Å². The second-order valence-corrected chi connectivity index (χ2v) is 8.90. The number of para-hydroxylation sites is 1. The number of nitrogens with zero attached hydrogens (tertiary/aromatic N) is 1. The largest absolute Gasteiger partial charge is 0.465 e. The average Bonchev–Trinajstić information content (AvgIpc) is 3.27. The van der Waals surface area contributed by atoms with Gasteiger partial charge in [-0.05, 0) is 29.9 Å². The molecule has 0 fully saturated rings. The van der Waals surface area contributed by atoms with Crippen LogP contribution in [-0.4, -0.2) is 24.3 Å². The predicted molar refractivity (Wildman–Crippen MR) is 123 cm³/mol. The lowest BCUT2D eigenvalue weighted by molar-refractivity contribution is 0.0606. The molecule has 0 saturated carbocycles. The van der Waals surface area contributed by atoms with Gasteiger partial charge in [0, 0.05) is 16.6 Å². The third kappa shape index (κ3) is 4.93. The predicted octanol–water partition coefficient (Wildman–Crippen LogP) is 6.83. The van der Waals surface area contributed by atoms with E-state index in [1.54, 1.807) is 23.1 Å². The Balaban J connectivity index is 0.00000261. The number of halogens is 1. The van der Waals surface area contributed by atoms with Gasteiger partial charge in [0.1, 0.15) is 4.88 Å². The van der Waals surface area contributed by atoms with E-state index in [0.717, 1.165) is 26.3 Å². The highest BCUT2D eigenvalue weighted by Crippen LogP contribution is 2.39. The lowest BCUT2D eigenvalue weighted by Crippen LogP contribution is -1.97. The Kier molecular flexibility index (Phi) is 7.91. The second kappa shape index (κ2) is 9.73. The Labute approximate surface area is 182 Å². The highest BCUT2D eigenvalue weighted by Gasteiger charge is 2.18. The number of methoxy groups -OCH3 is 1. The van der Waals surface area contributed by atoms with Crippen LogP contribution in [0, 0.1) is 0 Å². The third-order valence-electron chi connectivity index (χ3n) is 3.87. The van der Waals surface area contributed by atoms with Crippen LogP contribution in [0.15, 0.2) is 39.9 Å². The van der Waals surface area contributed by atoms with Gasteiger partial charge in [0.05, 0.1) is 17.0 Å². The first kappa shape index (κ1) is 21.9. The number of ether oxygens (including phenoxy) is 1. The summed E-state index contributed by atoms with van der Waals surface area (Å²) in [7, 11) is 1.40. The number of carbonyl (C=O) groups excluding carboxylic acids is 1. The van der Waals surface area contributed by atoms with Gasteiger partial charge in [0.15, 0.2) is 5.13 Å². The summed E-state index contributed by atoms with van der Waals surface area (Å²) in [6.45, 7) is 4.36. The zero-order chi connectivity index (χ0) is 18.7. The van der Waals surface area contributed by atoms with Gasteiger partial charge < -0.3 is 10.1 Å². The highest BCUT2D eigenvalue weighted by atomic mass is 79.9. The summed E-state index contributed by atoms with van der Waals surface area (Å²) in [5, 5.41) is 6.29. The number of thiophene rings is 1. The van der Waals surface area contributed by atoms with E-state index in [1.165, 1.54) is 24.0 Å². The minimum atomic E-state index is -0.309. The number of hydrogen-bond acceptors (Lipinski definition) is 7. The van der Waals surface area contributed by atoms with Gasteiger partial charge >= 0.3 is 5.97 Å². The zero-order valence-corrected chi connectivity index (χ0v) is 19.6. The van der Waals surface area contributed by atoms with Crippen molar-refractivity contribution in [1.29, 1.82) is 0 Å². The van der Waals surface area contributed by atoms with Gasteiger partial charge in [-0.1, -0.05) is 32.0 Å². The van der Waals surface area contributed by atoms with Gasteiger partial charge in [-0.25, -0.2) is 9.78 Å². The maximum atomic E-state index is 11.8. The SMILES string of the molecule is Br.COC(=O)c1cc(-c2csc(Nc3ccccc3C(C)C)n2)c(SC)s1. The van der Waals surface area contributed by atoms with Crippen molar-refractivity contribution in [1.82, 2.24) is 4.98 Å². The smallest absolute Gasteiger partial charge is 0.348 e. The molecule has 0 saturated heterocycles. The summed E-state index contributed by atoms with van der Waals surface area (Å²) < 4.78 is 5.90. The maximum Gasteiger partial charge on any atom is 0.348 e. The van der Waals surface area contributed by atoms with E-state index in [2.05, 4.69) is 37.4 Å². The minimum Gasteiger partial charge on any atom is -0.465 e. The fourth-order valence-corrected chi connectivity index (χ4v) is 5.12. The summed E-state index contributed by atoms with van der Waals surface area (Å²) in [5.74, 6) is 0.122. The van der Waals surface area contributed by atoms with Crippen LogP contribution in [-0.2, 0) is 4.74 Å². The topological polar surface area (TPSA) is 51.2 Å². The number of anilines is 2. The molecule has 0 bridgehead atoms. The Morgan fingerprint density at radius 2 is 2.04 bits per heavy atom. The fraction of sp³-hybridized carbons (Fsp3) is 0.263. The molecule has 3 aromatic rings. The summed E-state index contributed by atoms with van der Waals surface area (Å²) in [5.41, 5.74) is 4.19. The molecule has 0 atom stereocenters. The van der Waals surface area contributed by atoms with Crippen LogP contribution in [0.3, 0.4) is 0 Å². The van der Waals surface area contributed by atoms with Crippen molar-refractivity contribution in [2.75, 3.05) is 18.7 Å². The number of aromatic nitrogens is 1. The average molecular weight is 485 g/mol. The lowest BCUT2D eigenvalue weighted by Gasteiger charge is -2.12. The van der Waals surface area contributed by atoms with Crippen molar-refractivity contribution < 1.29 is 9.53 Å². The van der Waals surface area contributed by atoms with Gasteiger partial charge in [0.2, 0.25) is 0 Å². The number of hydrogen-bond donors (Lipinski definition) is 1. The number of carbonyl (C=O) groups is 1. The molecular formula is C19H21BrN2O2S3. The number of rotatable bonds is 6. The molecule has 1 aromatic carbocycles. The fourth-order valence-electron chi connectivity index (χ4n) is 2.59. The van der Waals surface area contributed by atoms with Gasteiger partial charge in [-0.15, -0.1) is 51.4 Å². The minimum absolute atomic E-state index is 0. The van der Waals surface area contributed by atoms with Crippen molar-refractivity contribution in [3.63, 3.8) is 0 Å². The number of nitrogens with one attached hydrogen (secondary N) is 1. The quantitative estimate of drug-likeness (QED) is 0.307. The summed E-state index contributed by atoms with van der Waals surface area (Å²) in [6, 6.07) is 10.1. The van der Waals surface area contributed by atoms with Gasteiger partial charge in [-0.3, -0.25) is 0 Å². The van der Waals surface area contributed by atoms with Crippen LogP contribution in [0.5, 0.6) is 0 Å². The normalized spacial score (nSPS) is 10.6. The van der Waals surface area contributed by atoms with Crippen LogP contribution >= 0.6 is 51.4 Å². The molecule has 0 aliphatic rings. The Hall–Kier alpha value is -1.35. The third-order valence-corrected chi connectivity index (χ3v) is 6.88. The standard InChI is InChI=1S/C19H20N2O2S3.BrH/c1-11(2)12-7-5-6-8-14(12)20-19-21-15(10-25-19)13-9-16(17(22)23-3)26-18(13)24-4;/h5-11H,1-4H3,(H,20,21);1H. The molecule has 0 aliphatic heterocycles. The monoisotopic (exact) mass is 484 g/mol. The van der Waals surface area contributed by atoms with E-state index in [9.17, 15) is 4.79 Å². The van der Waals surface area contributed by atoms with Crippen LogP contribution in [0.2, 0.25) is 0 Å². The Bertz CT molecular complexity index is 921. The first-order valence-corrected chi connectivity index (χ1v) is 11.0. The molecule has 3 rings (SSSR count). The van der Waals surface area contributed by atoms with Crippen molar-refractivity contribution in [2.45, 2.75) is 24.0 Å². The lowest BCUT2D eigenvalue weighted by atomic mass is 10.0. The Morgan fingerprint density at radius 3 is 2.70 bits per heavy atom. The van der Waals surface area contributed by atoms with Crippen LogP contribution in [0.4, 0.5) is 10.8 Å². The van der Waals surface area contributed by atoms with Gasteiger partial charge in [0.25, 0.3) is 0 Å². The van der Waals surface area contributed by atoms with E-state index in [-0.39, 0.29) is 23.0 Å². The molecule has 27 heavy (non-hydrogen) atoms. The molecule has 2 heterocycles. The first-order chi connectivity index (χ1) is 12.5. The zero-order valence-electron chi connectivity index (χ0n) is 15.4. The number of esters is 1. The van der Waals surface area contributed by atoms with Crippen LogP contribution in [0.25, 0.3) is 11.3 Å². The molecule has 0 aliphatic carbocycles. The van der Waals surface area contributed by atoms with Crippen molar-refractivity contribution in [2.24, 2.45) is 0 Å².